The summed E-state index contributed by atoms with van der Waals surface area (Å²) < 4.78 is 10.5. The number of carbonyl (C=O) groups excluding carboxylic acids is 2. The first-order valence-corrected chi connectivity index (χ1v) is 8.98. The lowest BCUT2D eigenvalue weighted by molar-refractivity contribution is -0.151. The van der Waals surface area contributed by atoms with Crippen LogP contribution in [0, 0.1) is 0 Å². The summed E-state index contributed by atoms with van der Waals surface area (Å²) in [6.07, 6.45) is 3.55. The van der Waals surface area contributed by atoms with E-state index in [1.807, 2.05) is 79.7 Å². The highest BCUT2D eigenvalue weighted by Crippen LogP contribution is 2.35. The van der Waals surface area contributed by atoms with Crippen molar-refractivity contribution in [1.82, 2.24) is 0 Å². The molecule has 1 aliphatic heterocycles. The fraction of sp³-hybridized carbons (Fsp3) is 0.0833. The molecule has 3 aromatic rings. The van der Waals surface area contributed by atoms with Gasteiger partial charge in [-0.2, -0.15) is 0 Å². The second kappa shape index (κ2) is 7.53. The molecule has 138 valence electrons. The van der Waals surface area contributed by atoms with Crippen LogP contribution in [-0.4, -0.2) is 11.9 Å². The molecule has 2 heterocycles. The molecule has 0 aliphatic carbocycles. The number of cyclic esters (lactones) is 2. The molecule has 0 bridgehead atoms. The van der Waals surface area contributed by atoms with E-state index in [-0.39, 0.29) is 6.42 Å². The Bertz CT molecular complexity index is 1090. The minimum atomic E-state index is -0.594. The maximum absolute atomic E-state index is 12.3. The average Bonchev–Trinajstić information content (AvgIpc) is 3.31. The lowest BCUT2D eigenvalue weighted by Gasteiger charge is -2.08. The highest BCUT2D eigenvalue weighted by Gasteiger charge is 2.31. The Morgan fingerprint density at radius 1 is 0.964 bits per heavy atom. The first kappa shape index (κ1) is 17.7. The monoisotopic (exact) mass is 370 g/mol. The van der Waals surface area contributed by atoms with Crippen molar-refractivity contribution in [1.29, 1.82) is 0 Å². The van der Waals surface area contributed by atoms with Gasteiger partial charge in [0.05, 0.1) is 18.3 Å². The van der Waals surface area contributed by atoms with Crippen molar-refractivity contribution in [2.75, 3.05) is 0 Å². The number of ether oxygens (including phenoxy) is 1. The summed E-state index contributed by atoms with van der Waals surface area (Å²) >= 11 is 0. The number of hydrogen-bond acceptors (Lipinski definition) is 4. The van der Waals surface area contributed by atoms with Crippen molar-refractivity contribution >= 4 is 23.6 Å². The van der Waals surface area contributed by atoms with Crippen LogP contribution in [-0.2, 0) is 14.3 Å². The van der Waals surface area contributed by atoms with Crippen LogP contribution < -0.4 is 0 Å². The number of furan rings is 1. The van der Waals surface area contributed by atoms with Gasteiger partial charge in [0.1, 0.15) is 5.76 Å². The minimum absolute atomic E-state index is 0.0417. The molecule has 1 aliphatic rings. The van der Waals surface area contributed by atoms with Crippen molar-refractivity contribution in [2.24, 2.45) is 0 Å². The van der Waals surface area contributed by atoms with Crippen molar-refractivity contribution in [3.05, 3.63) is 95.3 Å². The fourth-order valence-corrected chi connectivity index (χ4v) is 3.34. The normalized spacial score (nSPS) is 16.2. The van der Waals surface area contributed by atoms with Crippen molar-refractivity contribution in [3.63, 3.8) is 0 Å². The minimum Gasteiger partial charge on any atom is -0.464 e. The van der Waals surface area contributed by atoms with E-state index in [1.54, 1.807) is 6.26 Å². The summed E-state index contributed by atoms with van der Waals surface area (Å²) in [6.45, 7) is 1.92. The Balaban J connectivity index is 1.82. The van der Waals surface area contributed by atoms with Gasteiger partial charge in [0, 0.05) is 11.1 Å². The summed E-state index contributed by atoms with van der Waals surface area (Å²) in [6, 6.07) is 21.4. The van der Waals surface area contributed by atoms with Crippen molar-refractivity contribution in [3.8, 4) is 11.3 Å². The molecule has 28 heavy (non-hydrogen) atoms. The largest absolute Gasteiger partial charge is 0.464 e. The third-order valence-corrected chi connectivity index (χ3v) is 4.60. The highest BCUT2D eigenvalue weighted by molar-refractivity contribution is 6.13. The molecular weight excluding hydrogens is 352 g/mol. The van der Waals surface area contributed by atoms with E-state index in [0.29, 0.717) is 16.9 Å². The van der Waals surface area contributed by atoms with Gasteiger partial charge >= 0.3 is 11.9 Å². The van der Waals surface area contributed by atoms with Gasteiger partial charge in [-0.15, -0.1) is 0 Å². The second-order valence-electron chi connectivity index (χ2n) is 6.60. The Labute approximate surface area is 162 Å². The number of hydrogen-bond donors (Lipinski definition) is 0. The van der Waals surface area contributed by atoms with Gasteiger partial charge in [0.2, 0.25) is 0 Å². The van der Waals surface area contributed by atoms with Gasteiger partial charge in [-0.3, -0.25) is 4.79 Å². The molecule has 4 nitrogen and oxygen atoms in total. The van der Waals surface area contributed by atoms with E-state index in [1.165, 1.54) is 0 Å². The van der Waals surface area contributed by atoms with E-state index in [0.717, 1.165) is 22.3 Å². The van der Waals surface area contributed by atoms with E-state index >= 15 is 0 Å². The van der Waals surface area contributed by atoms with Gasteiger partial charge in [-0.25, -0.2) is 4.79 Å². The molecule has 0 unspecified atom stereocenters. The van der Waals surface area contributed by atoms with Crippen LogP contribution in [0.5, 0.6) is 0 Å². The zero-order valence-corrected chi connectivity index (χ0v) is 15.3. The molecule has 1 saturated heterocycles. The average molecular weight is 370 g/mol. The van der Waals surface area contributed by atoms with Crippen molar-refractivity contribution in [2.45, 2.75) is 13.3 Å². The molecule has 1 fully saturated rings. The smallest absolute Gasteiger partial charge is 0.342 e. The predicted molar refractivity (Wildman–Crippen MR) is 107 cm³/mol. The van der Waals surface area contributed by atoms with Gasteiger partial charge in [0.25, 0.3) is 0 Å². The second-order valence-corrected chi connectivity index (χ2v) is 6.60. The molecular formula is C24H18O4. The Morgan fingerprint density at radius 3 is 2.29 bits per heavy atom. The standard InChI is InChI=1S/C24H18O4/c1-16(12-17-8-4-2-5-9-17)23(20-14-22(25)28-24(20)26)19-13-21(27-15-19)18-10-6-3-7-11-18/h2-13,15H,14H2,1H3/b16-12-,23-20+. The van der Waals surface area contributed by atoms with Crippen LogP contribution >= 0.6 is 0 Å². The van der Waals surface area contributed by atoms with E-state index < -0.39 is 11.9 Å². The lowest BCUT2D eigenvalue weighted by atomic mass is 9.93. The van der Waals surface area contributed by atoms with Crippen molar-refractivity contribution < 1.29 is 18.7 Å². The predicted octanol–water partition coefficient (Wildman–Crippen LogP) is 5.28. The Morgan fingerprint density at radius 2 is 1.64 bits per heavy atom. The lowest BCUT2D eigenvalue weighted by Crippen LogP contribution is -2.00. The first-order chi connectivity index (χ1) is 13.6. The number of rotatable bonds is 4. The SMILES string of the molecule is CC(=C/c1ccccc1)/C(=C1/CC(=O)OC1=O)c1coc(-c2ccccc2)c1. The molecule has 4 rings (SSSR count). The van der Waals surface area contributed by atoms with E-state index in [4.69, 9.17) is 9.15 Å². The molecule has 0 radical (unpaired) electrons. The zero-order valence-electron chi connectivity index (χ0n) is 15.3. The quantitative estimate of drug-likeness (QED) is 0.356. The maximum atomic E-state index is 12.3. The van der Waals surface area contributed by atoms with Gasteiger partial charge < -0.3 is 9.15 Å². The molecule has 0 saturated carbocycles. The molecule has 0 N–H and O–H groups in total. The van der Waals surface area contributed by atoms with E-state index in [9.17, 15) is 9.59 Å². The summed E-state index contributed by atoms with van der Waals surface area (Å²) in [7, 11) is 0. The molecule has 2 aromatic carbocycles. The topological polar surface area (TPSA) is 56.5 Å². The summed E-state index contributed by atoms with van der Waals surface area (Å²) in [4.78, 5) is 24.0. The van der Waals surface area contributed by atoms with Gasteiger partial charge in [0.15, 0.2) is 0 Å². The number of esters is 2. The summed E-state index contributed by atoms with van der Waals surface area (Å²) in [5, 5.41) is 0. The first-order valence-electron chi connectivity index (χ1n) is 8.98. The van der Waals surface area contributed by atoms with Crippen LogP contribution in [0.25, 0.3) is 23.0 Å². The van der Waals surface area contributed by atoms with Crippen LogP contribution in [0.15, 0.2) is 88.6 Å². The van der Waals surface area contributed by atoms with Gasteiger partial charge in [-0.05, 0) is 29.7 Å². The highest BCUT2D eigenvalue weighted by atomic mass is 16.6. The fourth-order valence-electron chi connectivity index (χ4n) is 3.34. The molecule has 0 spiro atoms. The van der Waals surface area contributed by atoms with Crippen LogP contribution in [0.2, 0.25) is 0 Å². The Hall–Kier alpha value is -3.66. The van der Waals surface area contributed by atoms with E-state index in [2.05, 4.69) is 0 Å². The third kappa shape index (κ3) is 3.58. The zero-order chi connectivity index (χ0) is 19.5. The Kier molecular flexibility index (Phi) is 4.77. The number of carbonyl (C=O) groups is 2. The van der Waals surface area contributed by atoms with Gasteiger partial charge in [-0.1, -0.05) is 66.7 Å². The number of allylic oxidation sites excluding steroid dienone is 2. The maximum Gasteiger partial charge on any atom is 0.342 e. The summed E-state index contributed by atoms with van der Waals surface area (Å²) in [5.74, 6) is -0.432. The molecule has 0 amide bonds. The summed E-state index contributed by atoms with van der Waals surface area (Å²) in [5.41, 5.74) is 4.56. The van der Waals surface area contributed by atoms with Crippen LogP contribution in [0.3, 0.4) is 0 Å². The van der Waals surface area contributed by atoms with Crippen LogP contribution in [0.4, 0.5) is 0 Å². The molecule has 1 aromatic heterocycles. The van der Waals surface area contributed by atoms with Crippen LogP contribution in [0.1, 0.15) is 24.5 Å². The molecule has 0 atom stereocenters. The number of benzene rings is 2. The molecule has 4 heteroatoms. The third-order valence-electron chi connectivity index (χ3n) is 4.60.